The van der Waals surface area contributed by atoms with Gasteiger partial charge in [-0.2, -0.15) is 0 Å². The molecule has 0 spiro atoms. The van der Waals surface area contributed by atoms with Crippen LogP contribution in [0.1, 0.15) is 48.5 Å². The fraction of sp³-hybridized carbons (Fsp3) is 0.407. The Balaban J connectivity index is 1.42. The van der Waals surface area contributed by atoms with Crippen LogP contribution in [0.15, 0.2) is 47.5 Å². The summed E-state index contributed by atoms with van der Waals surface area (Å²) in [4.78, 5) is 45.0. The smallest absolute Gasteiger partial charge is 0.268 e. The number of primary amides is 1. The number of carbonyl (C=O) groups is 3. The van der Waals surface area contributed by atoms with E-state index in [1.807, 2.05) is 0 Å². The van der Waals surface area contributed by atoms with Gasteiger partial charge in [-0.25, -0.2) is 4.39 Å². The molecule has 11 heteroatoms. The van der Waals surface area contributed by atoms with E-state index in [2.05, 4.69) is 32.8 Å². The molecule has 2 aromatic carbocycles. The second kappa shape index (κ2) is 12.0. The van der Waals surface area contributed by atoms with E-state index in [0.29, 0.717) is 23.8 Å². The number of nitrogens with zero attached hydrogens (tertiary/aromatic N) is 2. The number of carbonyl (C=O) groups excluding carboxylic acids is 3. The minimum Gasteiger partial charge on any atom is -0.367 e. The summed E-state index contributed by atoms with van der Waals surface area (Å²) in [6.45, 7) is 4.70. The van der Waals surface area contributed by atoms with Gasteiger partial charge >= 0.3 is 0 Å². The minimum absolute atomic E-state index is 0.00576. The normalized spacial score (nSPS) is 21.6. The van der Waals surface area contributed by atoms with Gasteiger partial charge in [0.1, 0.15) is 11.5 Å². The average Bonchev–Trinajstić information content (AvgIpc) is 3.34. The Morgan fingerprint density at radius 1 is 1.18 bits per heavy atom. The number of amides is 3. The Hall–Kier alpha value is -3.34. The van der Waals surface area contributed by atoms with Crippen LogP contribution in [0.5, 0.6) is 0 Å². The molecule has 2 unspecified atom stereocenters. The molecular formula is C27H32ClFN6O3. The third-order valence-corrected chi connectivity index (χ3v) is 7.43. The summed E-state index contributed by atoms with van der Waals surface area (Å²) < 4.78 is 13.3. The van der Waals surface area contributed by atoms with Gasteiger partial charge in [0.05, 0.1) is 17.3 Å². The largest absolute Gasteiger partial charge is 0.367 e. The maximum atomic E-state index is 13.3. The number of hydrogen-bond acceptors (Lipinski definition) is 6. The SMILES string of the molecule is CC1CCCCN1CCCNC(=O)C1=NCNC1(C(N)=O)c1ccc(NC(=O)c2ccc(F)cc2Cl)cc1. The quantitative estimate of drug-likeness (QED) is 0.362. The van der Waals surface area contributed by atoms with Crippen molar-refractivity contribution in [1.29, 1.82) is 0 Å². The Kier molecular flexibility index (Phi) is 8.76. The average molecular weight is 543 g/mol. The predicted octanol–water partition coefficient (Wildman–Crippen LogP) is 2.79. The fourth-order valence-electron chi connectivity index (χ4n) is 5.00. The standard InChI is InChI=1S/C27H32ClFN6O3/c1-17-5-2-3-13-35(17)14-4-12-31-25(37)23-27(26(30)38,33-16-32-23)18-6-9-20(10-7-18)34-24(36)21-11-8-19(29)15-22(21)28/h6-11,15,17,33H,2-5,12-14,16H2,1H3,(H2,30,38)(H,31,37)(H,34,36). The van der Waals surface area contributed by atoms with Crippen molar-refractivity contribution in [2.75, 3.05) is 31.6 Å². The lowest BCUT2D eigenvalue weighted by atomic mass is 9.84. The molecule has 4 rings (SSSR count). The van der Waals surface area contributed by atoms with Crippen molar-refractivity contribution in [1.82, 2.24) is 15.5 Å². The van der Waals surface area contributed by atoms with Gasteiger partial charge in [0.2, 0.25) is 5.91 Å². The van der Waals surface area contributed by atoms with Gasteiger partial charge in [-0.15, -0.1) is 0 Å². The maximum Gasteiger partial charge on any atom is 0.268 e. The molecule has 0 radical (unpaired) electrons. The topological polar surface area (TPSA) is 129 Å². The first-order chi connectivity index (χ1) is 18.2. The molecule has 0 aliphatic carbocycles. The van der Waals surface area contributed by atoms with Gasteiger partial charge in [0, 0.05) is 24.8 Å². The van der Waals surface area contributed by atoms with Crippen LogP contribution >= 0.6 is 11.6 Å². The van der Waals surface area contributed by atoms with E-state index in [1.165, 1.54) is 25.3 Å². The second-order valence-electron chi connectivity index (χ2n) is 9.60. The second-order valence-corrected chi connectivity index (χ2v) is 10.0. The number of hydrogen-bond donors (Lipinski definition) is 4. The van der Waals surface area contributed by atoms with Gasteiger partial charge in [-0.3, -0.25) is 24.7 Å². The van der Waals surface area contributed by atoms with Crippen molar-refractivity contribution in [3.05, 3.63) is 64.4 Å². The molecule has 2 atom stereocenters. The van der Waals surface area contributed by atoms with Gasteiger partial charge in [0.15, 0.2) is 5.54 Å². The lowest BCUT2D eigenvalue weighted by molar-refractivity contribution is -0.123. The summed E-state index contributed by atoms with van der Waals surface area (Å²) in [5.74, 6) is -2.29. The molecule has 202 valence electrons. The Bertz CT molecular complexity index is 1240. The highest BCUT2D eigenvalue weighted by molar-refractivity contribution is 6.47. The molecule has 0 aromatic heterocycles. The van der Waals surface area contributed by atoms with E-state index >= 15 is 0 Å². The number of nitrogens with one attached hydrogen (secondary N) is 3. The highest BCUT2D eigenvalue weighted by Gasteiger charge is 2.49. The number of anilines is 1. The van der Waals surface area contributed by atoms with Crippen LogP contribution in [-0.4, -0.2) is 60.7 Å². The van der Waals surface area contributed by atoms with Crippen molar-refractivity contribution in [2.24, 2.45) is 10.7 Å². The van der Waals surface area contributed by atoms with Crippen molar-refractivity contribution in [3.8, 4) is 0 Å². The summed E-state index contributed by atoms with van der Waals surface area (Å²) in [5.41, 5.74) is 5.14. The number of likely N-dealkylation sites (tertiary alicyclic amines) is 1. The fourth-order valence-corrected chi connectivity index (χ4v) is 5.25. The third-order valence-electron chi connectivity index (χ3n) is 7.12. The molecule has 5 N–H and O–H groups in total. The zero-order valence-electron chi connectivity index (χ0n) is 21.2. The molecule has 3 amide bonds. The lowest BCUT2D eigenvalue weighted by Crippen LogP contribution is -2.58. The molecule has 2 aromatic rings. The zero-order valence-corrected chi connectivity index (χ0v) is 22.0. The van der Waals surface area contributed by atoms with Gasteiger partial charge in [-0.1, -0.05) is 30.2 Å². The number of halogens is 2. The van der Waals surface area contributed by atoms with Crippen LogP contribution in [0.25, 0.3) is 0 Å². The number of nitrogens with two attached hydrogens (primary N) is 1. The van der Waals surface area contributed by atoms with Crippen molar-refractivity contribution in [3.63, 3.8) is 0 Å². The Labute approximate surface area is 226 Å². The minimum atomic E-state index is -1.60. The number of benzene rings is 2. The summed E-state index contributed by atoms with van der Waals surface area (Å²) in [6.07, 6.45) is 4.43. The molecule has 9 nitrogen and oxygen atoms in total. The highest BCUT2D eigenvalue weighted by Crippen LogP contribution is 2.28. The first-order valence-corrected chi connectivity index (χ1v) is 13.1. The van der Waals surface area contributed by atoms with Crippen LogP contribution in [0.2, 0.25) is 5.02 Å². The van der Waals surface area contributed by atoms with Gasteiger partial charge < -0.3 is 21.3 Å². The Morgan fingerprint density at radius 3 is 2.63 bits per heavy atom. The molecule has 38 heavy (non-hydrogen) atoms. The van der Waals surface area contributed by atoms with E-state index in [9.17, 15) is 18.8 Å². The summed E-state index contributed by atoms with van der Waals surface area (Å²) in [6, 6.07) is 10.4. The van der Waals surface area contributed by atoms with Crippen molar-refractivity contribution >= 4 is 40.7 Å². The van der Waals surface area contributed by atoms with Gasteiger partial charge in [0.25, 0.3) is 11.8 Å². The van der Waals surface area contributed by atoms with E-state index in [1.54, 1.807) is 24.3 Å². The Morgan fingerprint density at radius 2 is 1.95 bits per heavy atom. The number of rotatable bonds is 9. The lowest BCUT2D eigenvalue weighted by Gasteiger charge is -2.33. The molecular weight excluding hydrogens is 511 g/mol. The monoisotopic (exact) mass is 542 g/mol. The highest BCUT2D eigenvalue weighted by atomic mass is 35.5. The molecule has 2 heterocycles. The van der Waals surface area contributed by atoms with E-state index in [4.69, 9.17) is 17.3 Å². The molecule has 0 saturated carbocycles. The zero-order chi connectivity index (χ0) is 27.3. The van der Waals surface area contributed by atoms with Crippen LogP contribution in [0.3, 0.4) is 0 Å². The summed E-state index contributed by atoms with van der Waals surface area (Å²) >= 11 is 5.98. The van der Waals surface area contributed by atoms with E-state index in [0.717, 1.165) is 31.6 Å². The molecule has 2 aliphatic heterocycles. The molecule has 2 aliphatic rings. The van der Waals surface area contributed by atoms with E-state index in [-0.39, 0.29) is 23.0 Å². The molecule has 1 saturated heterocycles. The summed E-state index contributed by atoms with van der Waals surface area (Å²) in [7, 11) is 0. The van der Waals surface area contributed by atoms with E-state index < -0.39 is 29.1 Å². The predicted molar refractivity (Wildman–Crippen MR) is 145 cm³/mol. The van der Waals surface area contributed by atoms with Gasteiger partial charge in [-0.05, 0) is 68.6 Å². The third kappa shape index (κ3) is 5.87. The summed E-state index contributed by atoms with van der Waals surface area (Å²) in [5, 5.41) is 8.52. The number of piperidine rings is 1. The maximum absolute atomic E-state index is 13.3. The van der Waals surface area contributed by atoms with Crippen LogP contribution < -0.4 is 21.7 Å². The van der Waals surface area contributed by atoms with Crippen LogP contribution in [0, 0.1) is 5.82 Å². The number of aliphatic imine (C=N–C) groups is 1. The van der Waals surface area contributed by atoms with Crippen LogP contribution in [-0.2, 0) is 15.1 Å². The van der Waals surface area contributed by atoms with Crippen molar-refractivity contribution in [2.45, 2.75) is 44.2 Å². The van der Waals surface area contributed by atoms with Crippen molar-refractivity contribution < 1.29 is 18.8 Å². The molecule has 0 bridgehead atoms. The first-order valence-electron chi connectivity index (χ1n) is 12.7. The van der Waals surface area contributed by atoms with Crippen LogP contribution in [0.4, 0.5) is 10.1 Å². The first kappa shape index (κ1) is 27.7. The molecule has 1 fully saturated rings.